The van der Waals surface area contributed by atoms with E-state index in [0.717, 1.165) is 43.5 Å². The van der Waals surface area contributed by atoms with E-state index in [2.05, 4.69) is 58.1 Å². The Morgan fingerprint density at radius 1 is 1.12 bits per heavy atom. The Kier molecular flexibility index (Phi) is 8.44. The molecule has 1 aliphatic heterocycles. The third kappa shape index (κ3) is 6.13. The minimum Gasteiger partial charge on any atom is -0.372 e. The van der Waals surface area contributed by atoms with E-state index in [1.54, 1.807) is 0 Å². The fraction of sp³-hybridized carbons (Fsp3) is 0.632. The van der Waals surface area contributed by atoms with E-state index in [9.17, 15) is 0 Å². The normalized spacial score (nSPS) is 14.5. The quantitative estimate of drug-likeness (QED) is 0.658. The molecule has 0 bridgehead atoms. The Bertz CT molecular complexity index is 509. The molecule has 0 spiro atoms. The van der Waals surface area contributed by atoms with E-state index in [-0.39, 0.29) is 0 Å². The lowest BCUT2D eigenvalue weighted by molar-refractivity contribution is 0.295. The van der Waals surface area contributed by atoms with Crippen molar-refractivity contribution in [3.63, 3.8) is 0 Å². The van der Waals surface area contributed by atoms with Gasteiger partial charge in [-0.25, -0.2) is 0 Å². The molecule has 0 aromatic heterocycles. The number of hydrogen-bond donors (Lipinski definition) is 2. The van der Waals surface area contributed by atoms with Crippen LogP contribution in [0.3, 0.4) is 0 Å². The number of nitrogens with zero attached hydrogens (tertiary/aromatic N) is 3. The van der Waals surface area contributed by atoms with Crippen molar-refractivity contribution in [2.24, 2.45) is 5.73 Å². The van der Waals surface area contributed by atoms with Crippen LogP contribution < -0.4 is 16.0 Å². The summed E-state index contributed by atoms with van der Waals surface area (Å²) in [4.78, 5) is 7.02. The van der Waals surface area contributed by atoms with Crippen LogP contribution in [0.25, 0.3) is 0 Å². The number of hydrogen-bond acceptors (Lipinski definition) is 4. The first kappa shape index (κ1) is 19.9. The van der Waals surface area contributed by atoms with Gasteiger partial charge in [0.05, 0.1) is 0 Å². The third-order valence-corrected chi connectivity index (χ3v) is 5.18. The molecule has 1 heterocycles. The molecule has 1 saturated heterocycles. The Morgan fingerprint density at radius 3 is 2.32 bits per heavy atom. The smallest absolute Gasteiger partial charge is 0.173 e. The summed E-state index contributed by atoms with van der Waals surface area (Å²) >= 11 is 5.62. The lowest BCUT2D eigenvalue weighted by Crippen LogP contribution is -2.42. The highest BCUT2D eigenvalue weighted by Crippen LogP contribution is 2.18. The number of likely N-dealkylation sites (tertiary alicyclic amines) is 1. The highest BCUT2D eigenvalue weighted by atomic mass is 32.1. The van der Waals surface area contributed by atoms with Gasteiger partial charge in [0.25, 0.3) is 0 Å². The molecule has 0 amide bonds. The Balaban J connectivity index is 1.90. The van der Waals surface area contributed by atoms with E-state index < -0.39 is 0 Å². The summed E-state index contributed by atoms with van der Waals surface area (Å²) in [7, 11) is 0. The van der Waals surface area contributed by atoms with Gasteiger partial charge in [0.15, 0.2) is 5.11 Å². The maximum absolute atomic E-state index is 5.78. The Morgan fingerprint density at radius 2 is 1.76 bits per heavy atom. The molecule has 25 heavy (non-hydrogen) atoms. The molecule has 140 valence electrons. The van der Waals surface area contributed by atoms with Crippen molar-refractivity contribution in [1.82, 2.24) is 9.80 Å². The number of rotatable bonds is 9. The maximum atomic E-state index is 5.78. The summed E-state index contributed by atoms with van der Waals surface area (Å²) in [6.45, 7) is 12.2. The van der Waals surface area contributed by atoms with Crippen molar-refractivity contribution in [3.05, 3.63) is 24.3 Å². The third-order valence-electron chi connectivity index (χ3n) is 4.82. The molecule has 5 nitrogen and oxygen atoms in total. The van der Waals surface area contributed by atoms with Gasteiger partial charge in [-0.3, -0.25) is 0 Å². The fourth-order valence-electron chi connectivity index (χ4n) is 3.29. The van der Waals surface area contributed by atoms with Crippen LogP contribution in [-0.2, 0) is 0 Å². The molecular weight excluding hydrogens is 330 g/mol. The number of nitrogens with one attached hydrogen (secondary N) is 1. The minimum absolute atomic E-state index is 0.614. The predicted octanol–water partition coefficient (Wildman–Crippen LogP) is 2.59. The van der Waals surface area contributed by atoms with Crippen molar-refractivity contribution in [2.45, 2.75) is 26.7 Å². The topological polar surface area (TPSA) is 47.8 Å². The molecule has 0 radical (unpaired) electrons. The summed E-state index contributed by atoms with van der Waals surface area (Å²) in [5.74, 6) is 0. The first-order chi connectivity index (χ1) is 12.2. The summed E-state index contributed by atoms with van der Waals surface area (Å²) < 4.78 is 0. The van der Waals surface area contributed by atoms with Gasteiger partial charge in [0, 0.05) is 50.6 Å². The van der Waals surface area contributed by atoms with Crippen LogP contribution in [0.15, 0.2) is 24.3 Å². The summed E-state index contributed by atoms with van der Waals surface area (Å²) in [5.41, 5.74) is 8.06. The molecular formula is C19H33N5S. The minimum atomic E-state index is 0.614. The van der Waals surface area contributed by atoms with Gasteiger partial charge in [-0.2, -0.15) is 0 Å². The Hall–Kier alpha value is -1.37. The predicted molar refractivity (Wildman–Crippen MR) is 113 cm³/mol. The molecule has 0 aliphatic carbocycles. The summed E-state index contributed by atoms with van der Waals surface area (Å²) in [5, 5.41) is 4.13. The number of nitrogens with two attached hydrogens (primary N) is 1. The highest BCUT2D eigenvalue weighted by molar-refractivity contribution is 7.80. The summed E-state index contributed by atoms with van der Waals surface area (Å²) in [6.07, 6.45) is 2.64. The summed E-state index contributed by atoms with van der Waals surface area (Å²) in [6, 6.07) is 8.49. The zero-order chi connectivity index (χ0) is 18.1. The maximum Gasteiger partial charge on any atom is 0.173 e. The zero-order valence-corrected chi connectivity index (χ0v) is 16.5. The molecule has 0 saturated carbocycles. The van der Waals surface area contributed by atoms with Gasteiger partial charge < -0.3 is 25.8 Å². The zero-order valence-electron chi connectivity index (χ0n) is 15.7. The number of anilines is 2. The second-order valence-corrected chi connectivity index (χ2v) is 6.86. The molecule has 1 aromatic carbocycles. The van der Waals surface area contributed by atoms with Crippen LogP contribution in [0.4, 0.5) is 11.4 Å². The van der Waals surface area contributed by atoms with Crippen LogP contribution in [0, 0.1) is 0 Å². The van der Waals surface area contributed by atoms with Crippen molar-refractivity contribution in [3.8, 4) is 0 Å². The molecule has 1 aliphatic rings. The highest BCUT2D eigenvalue weighted by Gasteiger charge is 2.15. The number of benzene rings is 1. The van der Waals surface area contributed by atoms with E-state index in [1.807, 2.05) is 0 Å². The van der Waals surface area contributed by atoms with Gasteiger partial charge >= 0.3 is 0 Å². The molecule has 2 rings (SSSR count). The van der Waals surface area contributed by atoms with Gasteiger partial charge in [-0.1, -0.05) is 0 Å². The lowest BCUT2D eigenvalue weighted by Gasteiger charge is -2.28. The molecule has 6 heteroatoms. The Labute approximate surface area is 158 Å². The van der Waals surface area contributed by atoms with E-state index in [1.165, 1.54) is 31.6 Å². The van der Waals surface area contributed by atoms with Crippen LogP contribution in [0.5, 0.6) is 0 Å². The molecule has 0 unspecified atom stereocenters. The largest absolute Gasteiger partial charge is 0.372 e. The van der Waals surface area contributed by atoms with Crippen molar-refractivity contribution >= 4 is 28.7 Å². The van der Waals surface area contributed by atoms with Gasteiger partial charge in [0.2, 0.25) is 0 Å². The van der Waals surface area contributed by atoms with Gasteiger partial charge in [-0.05, 0) is 76.3 Å². The van der Waals surface area contributed by atoms with E-state index in [0.29, 0.717) is 6.54 Å². The number of thiocarbonyl (C=S) groups is 1. The van der Waals surface area contributed by atoms with E-state index >= 15 is 0 Å². The molecule has 1 fully saturated rings. The van der Waals surface area contributed by atoms with Crippen molar-refractivity contribution in [1.29, 1.82) is 0 Å². The van der Waals surface area contributed by atoms with Gasteiger partial charge in [0.1, 0.15) is 0 Å². The SMILES string of the molecule is CCN(CC)c1ccc(NC(=S)N(CCN)CCN2CCCC2)cc1. The standard InChI is InChI=1S/C19H33N5S/c1-3-23(4-2)18-9-7-17(8-10-18)21-19(25)24(14-11-20)16-15-22-12-5-6-13-22/h7-10H,3-6,11-16,20H2,1-2H3,(H,21,25). The van der Waals surface area contributed by atoms with Crippen LogP contribution in [0.1, 0.15) is 26.7 Å². The second-order valence-electron chi connectivity index (χ2n) is 6.47. The van der Waals surface area contributed by atoms with Crippen LogP contribution in [0.2, 0.25) is 0 Å². The van der Waals surface area contributed by atoms with Crippen molar-refractivity contribution in [2.75, 3.05) is 62.6 Å². The fourth-order valence-corrected chi connectivity index (χ4v) is 3.59. The monoisotopic (exact) mass is 363 g/mol. The van der Waals surface area contributed by atoms with Crippen LogP contribution in [-0.4, -0.2) is 67.3 Å². The lowest BCUT2D eigenvalue weighted by atomic mass is 10.2. The second kappa shape index (κ2) is 10.6. The van der Waals surface area contributed by atoms with Crippen LogP contribution >= 0.6 is 12.2 Å². The molecule has 1 aromatic rings. The average Bonchev–Trinajstić information content (AvgIpc) is 3.14. The van der Waals surface area contributed by atoms with E-state index in [4.69, 9.17) is 18.0 Å². The van der Waals surface area contributed by atoms with Gasteiger partial charge in [-0.15, -0.1) is 0 Å². The molecule has 3 N–H and O–H groups in total. The first-order valence-electron chi connectivity index (χ1n) is 9.51. The first-order valence-corrected chi connectivity index (χ1v) is 9.92. The molecule has 0 atom stereocenters. The van der Waals surface area contributed by atoms with Crippen molar-refractivity contribution < 1.29 is 0 Å². The average molecular weight is 364 g/mol.